The highest BCUT2D eigenvalue weighted by Gasteiger charge is 2.56. The molecule has 3 aromatic rings. The van der Waals surface area contributed by atoms with Crippen LogP contribution in [0.2, 0.25) is 0 Å². The number of benzene rings is 3. The Morgan fingerprint density at radius 3 is 2.15 bits per heavy atom. The van der Waals surface area contributed by atoms with Crippen LogP contribution in [0.4, 0.5) is 17.6 Å². The summed E-state index contributed by atoms with van der Waals surface area (Å²) in [4.78, 5) is 15.7. The number of carboxylic acids is 1. The maximum Gasteiger partial charge on any atom is 0.321 e. The van der Waals surface area contributed by atoms with E-state index in [9.17, 15) is 18.7 Å². The lowest BCUT2D eigenvalue weighted by atomic mass is 9.70. The lowest BCUT2D eigenvalue weighted by molar-refractivity contribution is -0.152. The first-order chi connectivity index (χ1) is 22.2. The SMILES string of the molecule is C=C(C)C(F)(F)C1(CN(C)[C@@H](Cc2cccc3c(-c4c(OC)cccc4OC)cccc23)C(=O)O)CCN(CC(F)(F)/C=C/C)CC1. The van der Waals surface area contributed by atoms with Gasteiger partial charge in [-0.25, -0.2) is 17.6 Å². The minimum atomic E-state index is -3.34. The number of alkyl halides is 4. The van der Waals surface area contributed by atoms with Gasteiger partial charge in [0.2, 0.25) is 0 Å². The number of nitrogens with zero attached hydrogens (tertiary/aromatic N) is 2. The van der Waals surface area contributed by atoms with Crippen LogP contribution in [-0.4, -0.2) is 86.2 Å². The molecule has 0 aliphatic carbocycles. The molecule has 1 aliphatic rings. The number of likely N-dealkylation sites (N-methyl/N-ethyl adjacent to an activating group) is 1. The van der Waals surface area contributed by atoms with Crippen LogP contribution in [0.1, 0.15) is 32.3 Å². The van der Waals surface area contributed by atoms with Gasteiger partial charge in [-0.2, -0.15) is 0 Å². The highest BCUT2D eigenvalue weighted by atomic mass is 19.3. The van der Waals surface area contributed by atoms with Crippen LogP contribution >= 0.6 is 0 Å². The quantitative estimate of drug-likeness (QED) is 0.140. The fourth-order valence-corrected chi connectivity index (χ4v) is 6.87. The average molecular weight is 657 g/mol. The van der Waals surface area contributed by atoms with Gasteiger partial charge in [0.15, 0.2) is 0 Å². The van der Waals surface area contributed by atoms with Crippen LogP contribution in [-0.2, 0) is 11.2 Å². The summed E-state index contributed by atoms with van der Waals surface area (Å²) in [7, 11) is 4.70. The lowest BCUT2D eigenvalue weighted by Crippen LogP contribution is -2.58. The fourth-order valence-electron chi connectivity index (χ4n) is 6.87. The number of allylic oxidation sites excluding steroid dienone is 2. The van der Waals surface area contributed by atoms with Crippen molar-refractivity contribution < 1.29 is 36.9 Å². The number of aliphatic carboxylic acids is 1. The Kier molecular flexibility index (Phi) is 11.1. The molecule has 6 nitrogen and oxygen atoms in total. The molecule has 1 N–H and O–H groups in total. The number of ether oxygens (including phenoxy) is 2. The third-order valence-corrected chi connectivity index (χ3v) is 9.35. The molecule has 0 amide bonds. The Morgan fingerprint density at radius 1 is 1.02 bits per heavy atom. The molecule has 4 rings (SSSR count). The number of hydrogen-bond donors (Lipinski definition) is 1. The largest absolute Gasteiger partial charge is 0.496 e. The van der Waals surface area contributed by atoms with Gasteiger partial charge in [-0.15, -0.1) is 0 Å². The number of methoxy groups -OCH3 is 2. The molecular weight excluding hydrogens is 612 g/mol. The summed E-state index contributed by atoms with van der Waals surface area (Å²) in [5.41, 5.74) is 0.315. The van der Waals surface area contributed by atoms with E-state index in [-0.39, 0.29) is 44.5 Å². The van der Waals surface area contributed by atoms with Crippen molar-refractivity contribution in [2.45, 2.75) is 51.0 Å². The molecule has 0 radical (unpaired) electrons. The maximum atomic E-state index is 16.0. The molecule has 254 valence electrons. The molecule has 0 spiro atoms. The topological polar surface area (TPSA) is 62.2 Å². The van der Waals surface area contributed by atoms with Crippen molar-refractivity contribution in [3.8, 4) is 22.6 Å². The Labute approximate surface area is 274 Å². The van der Waals surface area contributed by atoms with Crippen molar-refractivity contribution in [2.24, 2.45) is 5.41 Å². The summed E-state index contributed by atoms with van der Waals surface area (Å²) >= 11 is 0. The summed E-state index contributed by atoms with van der Waals surface area (Å²) < 4.78 is 71.9. The monoisotopic (exact) mass is 656 g/mol. The van der Waals surface area contributed by atoms with Gasteiger partial charge < -0.3 is 14.6 Å². The zero-order valence-corrected chi connectivity index (χ0v) is 27.7. The van der Waals surface area contributed by atoms with Crippen molar-refractivity contribution in [1.29, 1.82) is 0 Å². The number of rotatable bonds is 14. The molecule has 0 aromatic heterocycles. The third kappa shape index (κ3) is 7.49. The van der Waals surface area contributed by atoms with E-state index in [1.165, 1.54) is 36.8 Å². The summed E-state index contributed by atoms with van der Waals surface area (Å²) in [5.74, 6) is -6.34. The van der Waals surface area contributed by atoms with Crippen molar-refractivity contribution in [3.05, 3.63) is 84.5 Å². The van der Waals surface area contributed by atoms with E-state index in [4.69, 9.17) is 9.47 Å². The molecule has 1 fully saturated rings. The van der Waals surface area contributed by atoms with Crippen molar-refractivity contribution in [3.63, 3.8) is 0 Å². The molecule has 1 aliphatic heterocycles. The first-order valence-corrected chi connectivity index (χ1v) is 15.6. The Balaban J connectivity index is 1.67. The maximum absolute atomic E-state index is 16.0. The molecule has 10 heteroatoms. The van der Waals surface area contributed by atoms with E-state index in [2.05, 4.69) is 6.58 Å². The second-order valence-electron chi connectivity index (χ2n) is 12.5. The van der Waals surface area contributed by atoms with Crippen LogP contribution in [0.25, 0.3) is 21.9 Å². The Bertz CT molecular complexity index is 1590. The molecule has 1 saturated heterocycles. The first kappa shape index (κ1) is 36.0. The van der Waals surface area contributed by atoms with Crippen molar-refractivity contribution in [2.75, 3.05) is 47.4 Å². The minimum absolute atomic E-state index is 0.0279. The van der Waals surface area contributed by atoms with Crippen molar-refractivity contribution >= 4 is 16.7 Å². The van der Waals surface area contributed by atoms with Crippen molar-refractivity contribution in [1.82, 2.24) is 9.80 Å². The zero-order chi connectivity index (χ0) is 34.6. The van der Waals surface area contributed by atoms with Crippen LogP contribution in [0.5, 0.6) is 11.5 Å². The van der Waals surface area contributed by atoms with Crippen LogP contribution in [0.15, 0.2) is 78.9 Å². The second kappa shape index (κ2) is 14.5. The summed E-state index contributed by atoms with van der Waals surface area (Å²) in [6.45, 7) is 5.55. The normalized spacial score (nSPS) is 16.5. The number of halogens is 4. The number of hydrogen-bond acceptors (Lipinski definition) is 5. The van der Waals surface area contributed by atoms with Gasteiger partial charge in [-0.3, -0.25) is 14.6 Å². The van der Waals surface area contributed by atoms with E-state index < -0.39 is 35.8 Å². The van der Waals surface area contributed by atoms with Gasteiger partial charge in [0.1, 0.15) is 17.5 Å². The lowest BCUT2D eigenvalue weighted by Gasteiger charge is -2.49. The molecule has 0 bridgehead atoms. The van der Waals surface area contributed by atoms with Crippen LogP contribution < -0.4 is 9.47 Å². The standard InChI is InChI=1S/C37H44F4N2O4/c1-7-17-36(38,39)24-43-20-18-35(19-21-43,37(40,41)25(2)3)23-42(4)30(34(44)45)22-26-11-8-13-28-27(26)12-9-14-29(28)33-31(46-5)15-10-16-32(33)47-6/h7-17,30H,2,18-24H2,1,3-6H3,(H,44,45)/b17-7+/t30-/m0/s1. The highest BCUT2D eigenvalue weighted by molar-refractivity contribution is 6.01. The minimum Gasteiger partial charge on any atom is -0.496 e. The average Bonchev–Trinajstić information content (AvgIpc) is 3.03. The van der Waals surface area contributed by atoms with Crippen LogP contribution in [0, 0.1) is 5.41 Å². The first-order valence-electron chi connectivity index (χ1n) is 15.6. The van der Waals surface area contributed by atoms with Gasteiger partial charge in [0.25, 0.3) is 11.8 Å². The number of carboxylic acid groups (broad SMARTS) is 1. The summed E-state index contributed by atoms with van der Waals surface area (Å²) in [6, 6.07) is 15.7. The Morgan fingerprint density at radius 2 is 1.60 bits per heavy atom. The van der Waals surface area contributed by atoms with E-state index in [1.807, 2.05) is 54.6 Å². The molecule has 1 atom stereocenters. The fraction of sp³-hybridized carbons (Fsp3) is 0.432. The number of likely N-dealkylation sites (tertiary alicyclic amines) is 1. The Hall–Kier alpha value is -3.89. The smallest absolute Gasteiger partial charge is 0.321 e. The van der Waals surface area contributed by atoms with E-state index in [0.717, 1.165) is 33.5 Å². The summed E-state index contributed by atoms with van der Waals surface area (Å²) in [6.07, 6.45) is 1.95. The molecule has 0 saturated carbocycles. The number of carbonyl (C=O) groups is 1. The highest BCUT2D eigenvalue weighted by Crippen LogP contribution is 2.50. The molecule has 1 heterocycles. The number of fused-ring (bicyclic) bond motifs is 1. The molecule has 3 aromatic carbocycles. The van der Waals surface area contributed by atoms with E-state index in [1.54, 1.807) is 14.2 Å². The molecule has 0 unspecified atom stereocenters. The second-order valence-corrected chi connectivity index (χ2v) is 12.5. The summed E-state index contributed by atoms with van der Waals surface area (Å²) in [5, 5.41) is 12.1. The van der Waals surface area contributed by atoms with Gasteiger partial charge in [0, 0.05) is 6.54 Å². The van der Waals surface area contributed by atoms with Crippen LogP contribution in [0.3, 0.4) is 0 Å². The van der Waals surface area contributed by atoms with E-state index in [0.29, 0.717) is 11.5 Å². The van der Waals surface area contributed by atoms with Gasteiger partial charge >= 0.3 is 5.97 Å². The third-order valence-electron chi connectivity index (χ3n) is 9.35. The molecule has 47 heavy (non-hydrogen) atoms. The van der Waals surface area contributed by atoms with Gasteiger partial charge in [-0.1, -0.05) is 55.1 Å². The zero-order valence-electron chi connectivity index (χ0n) is 27.7. The van der Waals surface area contributed by atoms with Gasteiger partial charge in [-0.05, 0) is 98.9 Å². The predicted octanol–water partition coefficient (Wildman–Crippen LogP) is 7.96. The van der Waals surface area contributed by atoms with E-state index >= 15 is 8.78 Å². The van der Waals surface area contributed by atoms with Gasteiger partial charge in [0.05, 0.1) is 31.7 Å². The number of piperidine rings is 1. The predicted molar refractivity (Wildman–Crippen MR) is 178 cm³/mol. The molecular formula is C37H44F4N2O4.